The van der Waals surface area contributed by atoms with E-state index in [9.17, 15) is 0 Å². The predicted molar refractivity (Wildman–Crippen MR) is 254 cm³/mol. The van der Waals surface area contributed by atoms with E-state index in [2.05, 4.69) is 151 Å². The number of para-hydroxylation sites is 1. The zero-order valence-corrected chi connectivity index (χ0v) is 38.9. The number of nitrogens with zero attached hydrogens (tertiary/aromatic N) is 6. The maximum absolute atomic E-state index is 7.69. The minimum atomic E-state index is -2.52. The highest BCUT2D eigenvalue weighted by atomic mass is 16.7. The van der Waals surface area contributed by atoms with Gasteiger partial charge in [0, 0.05) is 21.5 Å². The van der Waals surface area contributed by atoms with Gasteiger partial charge in [-0.2, -0.15) is 0 Å². The molecule has 7 aliphatic heterocycles. The number of aliphatic imine (C=N–C) groups is 1. The molecule has 13 rings (SSSR count). The molecule has 0 bridgehead atoms. The molecule has 2 aromatic heterocycles. The van der Waals surface area contributed by atoms with E-state index < -0.39 is 61.7 Å². The van der Waals surface area contributed by atoms with Gasteiger partial charge in [-0.25, -0.2) is 4.99 Å². The van der Waals surface area contributed by atoms with Crippen LogP contribution in [0.4, 0.5) is 11.6 Å². The summed E-state index contributed by atoms with van der Waals surface area (Å²) < 4.78 is 54.0. The van der Waals surface area contributed by atoms with Gasteiger partial charge in [-0.15, -0.1) is 0 Å². The van der Waals surface area contributed by atoms with Crippen LogP contribution < -0.4 is 32.0 Å². The number of fused-ring (bicyclic) bond motifs is 9. The Morgan fingerprint density at radius 2 is 0.954 bits per heavy atom. The molecule has 0 amide bonds. The van der Waals surface area contributed by atoms with Crippen molar-refractivity contribution in [3.05, 3.63) is 107 Å². The molecule has 1 atom stereocenters. The molecule has 9 heterocycles. The quantitative estimate of drug-likeness (QED) is 0.220. The van der Waals surface area contributed by atoms with Gasteiger partial charge in [-0.3, -0.25) is 0 Å². The summed E-state index contributed by atoms with van der Waals surface area (Å²) in [6.07, 6.45) is 0. The van der Waals surface area contributed by atoms with Crippen LogP contribution in [0.15, 0.2) is 99.9 Å². The summed E-state index contributed by atoms with van der Waals surface area (Å²) in [5.74, 6) is 3.57. The van der Waals surface area contributed by atoms with Gasteiger partial charge in [0.05, 0.1) is 50.5 Å². The van der Waals surface area contributed by atoms with Gasteiger partial charge in [-0.1, -0.05) is 58.5 Å². The monoisotopic (exact) mass is 866 g/mol. The van der Waals surface area contributed by atoms with E-state index in [4.69, 9.17) is 47.6 Å². The number of amidine groups is 2. The van der Waals surface area contributed by atoms with Crippen LogP contribution in [0.3, 0.4) is 0 Å². The highest BCUT2D eigenvalue weighted by Gasteiger charge is 2.61. The van der Waals surface area contributed by atoms with Crippen LogP contribution in [0.25, 0.3) is 21.5 Å². The summed E-state index contributed by atoms with van der Waals surface area (Å²) in [6.45, 7) is 22.4. The van der Waals surface area contributed by atoms with Crippen LogP contribution in [-0.4, -0.2) is 86.8 Å². The summed E-state index contributed by atoms with van der Waals surface area (Å²) in [7, 11) is -1.74. The number of hydrogen-bond donors (Lipinski definition) is 0. The van der Waals surface area contributed by atoms with Crippen LogP contribution in [0, 0.1) is 0 Å². The molecule has 3 saturated heterocycles. The summed E-state index contributed by atoms with van der Waals surface area (Å²) in [6, 6.07) is 29.1. The number of rotatable bonds is 5. The van der Waals surface area contributed by atoms with Gasteiger partial charge < -0.3 is 46.0 Å². The van der Waals surface area contributed by atoms with E-state index in [0.29, 0.717) is 5.75 Å². The maximum Gasteiger partial charge on any atom is 0.568 e. The Bertz CT molecular complexity index is 3330. The van der Waals surface area contributed by atoms with E-state index in [-0.39, 0.29) is 0 Å². The molecule has 17 heteroatoms. The predicted octanol–water partition coefficient (Wildman–Crippen LogP) is 5.17. The third kappa shape index (κ3) is 5.03. The number of hydrogen-bond acceptors (Lipinski definition) is 10. The highest BCUT2D eigenvalue weighted by molar-refractivity contribution is 6.70. The first-order valence-corrected chi connectivity index (χ1v) is 22.8. The first kappa shape index (κ1) is 40.0. The van der Waals surface area contributed by atoms with Crippen molar-refractivity contribution in [3.63, 3.8) is 0 Å². The van der Waals surface area contributed by atoms with Crippen molar-refractivity contribution in [2.75, 3.05) is 0 Å². The number of benzene rings is 4. The molecular formula is C48H50B4N6O7. The van der Waals surface area contributed by atoms with E-state index in [1.54, 1.807) is 0 Å². The minimum absolute atomic E-state index is 0.516. The first-order valence-electron chi connectivity index (χ1n) is 22.8. The molecule has 65 heavy (non-hydrogen) atoms. The van der Waals surface area contributed by atoms with Crippen LogP contribution in [0.5, 0.6) is 5.75 Å². The van der Waals surface area contributed by atoms with Gasteiger partial charge in [0.1, 0.15) is 11.3 Å². The Morgan fingerprint density at radius 3 is 1.52 bits per heavy atom. The lowest BCUT2D eigenvalue weighted by Gasteiger charge is -2.47. The topological polar surface area (TPSA) is 115 Å². The lowest BCUT2D eigenvalue weighted by molar-refractivity contribution is -0.291. The lowest BCUT2D eigenvalue weighted by Crippen LogP contribution is -2.75. The van der Waals surface area contributed by atoms with Crippen LogP contribution in [-0.2, 0) is 27.9 Å². The second-order valence-corrected chi connectivity index (χ2v) is 21.7. The second-order valence-electron chi connectivity index (χ2n) is 21.7. The van der Waals surface area contributed by atoms with E-state index >= 15 is 0 Å². The van der Waals surface area contributed by atoms with E-state index in [0.717, 1.165) is 83.3 Å². The fourth-order valence-electron chi connectivity index (χ4n) is 10.4. The van der Waals surface area contributed by atoms with Gasteiger partial charge in [0.25, 0.3) is 0 Å². The van der Waals surface area contributed by atoms with Crippen LogP contribution in [0.1, 0.15) is 94.2 Å². The molecule has 0 aliphatic carbocycles. The van der Waals surface area contributed by atoms with Crippen molar-refractivity contribution in [3.8, 4) is 5.75 Å². The molecule has 1 unspecified atom stereocenters. The fraction of sp³-hybridized carbons (Fsp3) is 0.375. The highest BCUT2D eigenvalue weighted by Crippen LogP contribution is 2.48. The zero-order chi connectivity index (χ0) is 45.2. The largest absolute Gasteiger partial charge is 0.648 e. The van der Waals surface area contributed by atoms with Crippen LogP contribution >= 0.6 is 0 Å². The molecule has 0 spiro atoms. The summed E-state index contributed by atoms with van der Waals surface area (Å²) in [4.78, 5) is 16.9. The third-order valence-corrected chi connectivity index (χ3v) is 16.2. The van der Waals surface area contributed by atoms with Crippen molar-refractivity contribution < 1.29 is 37.1 Å². The molecule has 0 saturated carbocycles. The SMILES string of the molecule is CC1(C)OB(c2ccc3c(c2)C2=Nc4c5ccc(B6OC(C)(C)C(C)(C)O6)cc5c5n4[B-]4(Oc6ccccc6)n6c(c7cc(B8OC(C)(C)C(C)(C)O8)ccc7c6=N5)=NC3=[N+]24)OC1(C)C. The Labute approximate surface area is 378 Å². The maximum atomic E-state index is 7.69. The van der Waals surface area contributed by atoms with Crippen molar-refractivity contribution in [1.82, 2.24) is 8.96 Å². The Hall–Kier alpha value is -5.28. The van der Waals surface area contributed by atoms with Crippen molar-refractivity contribution >= 4 is 89.3 Å². The Balaban J connectivity index is 1.12. The lowest BCUT2D eigenvalue weighted by atomic mass is 9.75. The Kier molecular flexibility index (Phi) is 7.50. The van der Waals surface area contributed by atoms with Crippen molar-refractivity contribution in [2.45, 2.75) is 117 Å². The average Bonchev–Trinajstić information content (AvgIpc) is 4.01. The zero-order valence-electron chi connectivity index (χ0n) is 38.9. The number of aromatic nitrogens is 2. The first-order chi connectivity index (χ1) is 30.6. The molecule has 326 valence electrons. The van der Waals surface area contributed by atoms with Gasteiger partial charge in [0.2, 0.25) is 11.7 Å². The second kappa shape index (κ2) is 12.2. The summed E-state index contributed by atoms with van der Waals surface area (Å²) >= 11 is 0. The van der Waals surface area contributed by atoms with Crippen molar-refractivity contribution in [2.24, 2.45) is 15.0 Å². The molecule has 0 N–H and O–H groups in total. The summed E-state index contributed by atoms with van der Waals surface area (Å²) in [5, 5.41) is 3.66. The molecule has 0 radical (unpaired) electrons. The molecule has 3 fully saturated rings. The Morgan fingerprint density at radius 1 is 0.477 bits per heavy atom. The summed E-state index contributed by atoms with van der Waals surface area (Å²) in [5.41, 5.74) is 2.86. The molecule has 4 aromatic carbocycles. The van der Waals surface area contributed by atoms with E-state index in [1.807, 2.05) is 30.3 Å². The van der Waals surface area contributed by atoms with Gasteiger partial charge in [0.15, 0.2) is 11.3 Å². The average molecular weight is 866 g/mol. The molecule has 6 aromatic rings. The van der Waals surface area contributed by atoms with E-state index in [1.165, 1.54) is 0 Å². The van der Waals surface area contributed by atoms with Crippen LogP contribution in [0.2, 0.25) is 0 Å². The normalized spacial score (nSPS) is 24.9. The standard InChI is InChI=1S/C48H50B4N6O7/c1-43(2)44(3,4)61-49(60-43)27-18-21-31-34(24-27)40-53-38-32-22-19-28(50-62-45(5,6)46(7,8)63-50)25-35(32)42-55-39-33-23-20-29(51-64-47(9,10)48(11,12)65-51)26-36(33)41-54-37(31)56(40)52(57(38)42,58(39)41)59-30-16-14-13-15-17-30/h13-26H,1-12H3. The molecule has 13 nitrogen and oxygen atoms in total. The minimum Gasteiger partial charge on any atom is -0.648 e. The fourth-order valence-corrected chi connectivity index (χ4v) is 10.4. The smallest absolute Gasteiger partial charge is 0.568 e. The van der Waals surface area contributed by atoms with Gasteiger partial charge in [-0.05, 0) is 136 Å². The third-order valence-electron chi connectivity index (χ3n) is 16.2. The van der Waals surface area contributed by atoms with Gasteiger partial charge >= 0.3 is 28.1 Å². The van der Waals surface area contributed by atoms with Crippen molar-refractivity contribution in [1.29, 1.82) is 0 Å². The molecule has 7 aliphatic rings. The molecular weight excluding hydrogens is 816 g/mol.